The van der Waals surface area contributed by atoms with Gasteiger partial charge in [0, 0.05) is 5.56 Å². The maximum atomic E-state index is 12.5. The van der Waals surface area contributed by atoms with E-state index in [0.717, 1.165) is 22.0 Å². The Balaban J connectivity index is 1.58. The standard InChI is InChI=1S/C22H19N5O2/c1-29-20-12-11-15-7-5-6-10-17(15)18(20)13-24-26-22(28)19-14-25-27(21(19)23)16-8-3-2-4-9-16/h2-14H,23H2,1H3,(H,26,28)/b24-13+. The second-order valence-electron chi connectivity index (χ2n) is 6.29. The van der Waals surface area contributed by atoms with Gasteiger partial charge in [-0.05, 0) is 29.0 Å². The second-order valence-corrected chi connectivity index (χ2v) is 6.29. The number of nitrogens with zero attached hydrogens (tertiary/aromatic N) is 3. The van der Waals surface area contributed by atoms with E-state index < -0.39 is 5.91 Å². The molecule has 0 aliphatic heterocycles. The highest BCUT2D eigenvalue weighted by atomic mass is 16.5. The molecule has 7 heteroatoms. The summed E-state index contributed by atoms with van der Waals surface area (Å²) in [6, 6.07) is 21.1. The van der Waals surface area contributed by atoms with Crippen molar-refractivity contribution in [3.05, 3.63) is 84.1 Å². The van der Waals surface area contributed by atoms with Crippen molar-refractivity contribution in [3.63, 3.8) is 0 Å². The summed E-state index contributed by atoms with van der Waals surface area (Å²) in [6.45, 7) is 0. The molecule has 0 bridgehead atoms. The molecule has 0 fully saturated rings. The zero-order chi connectivity index (χ0) is 20.2. The normalized spacial score (nSPS) is 11.1. The lowest BCUT2D eigenvalue weighted by Crippen LogP contribution is -2.19. The Morgan fingerprint density at radius 2 is 1.86 bits per heavy atom. The molecule has 0 aliphatic rings. The topological polar surface area (TPSA) is 94.5 Å². The summed E-state index contributed by atoms with van der Waals surface area (Å²) in [5.74, 6) is 0.463. The number of nitrogens with two attached hydrogens (primary N) is 1. The molecular weight excluding hydrogens is 366 g/mol. The van der Waals surface area contributed by atoms with Gasteiger partial charge in [-0.25, -0.2) is 10.1 Å². The molecule has 7 nitrogen and oxygen atoms in total. The van der Waals surface area contributed by atoms with Gasteiger partial charge in [0.25, 0.3) is 5.91 Å². The quantitative estimate of drug-likeness (QED) is 0.407. The van der Waals surface area contributed by atoms with Crippen molar-refractivity contribution in [2.24, 2.45) is 5.10 Å². The van der Waals surface area contributed by atoms with E-state index in [1.807, 2.05) is 66.7 Å². The molecular formula is C22H19N5O2. The lowest BCUT2D eigenvalue weighted by atomic mass is 10.0. The molecule has 29 heavy (non-hydrogen) atoms. The number of benzene rings is 3. The molecule has 0 saturated carbocycles. The molecule has 144 valence electrons. The van der Waals surface area contributed by atoms with Crippen molar-refractivity contribution >= 4 is 28.7 Å². The highest BCUT2D eigenvalue weighted by molar-refractivity contribution is 6.03. The van der Waals surface area contributed by atoms with Gasteiger partial charge in [0.05, 0.1) is 25.2 Å². The van der Waals surface area contributed by atoms with E-state index in [0.29, 0.717) is 5.75 Å². The number of anilines is 1. The van der Waals surface area contributed by atoms with Gasteiger partial charge in [-0.1, -0.05) is 48.5 Å². The first-order valence-corrected chi connectivity index (χ1v) is 8.97. The molecule has 3 aromatic carbocycles. The van der Waals surface area contributed by atoms with Crippen molar-refractivity contribution in [3.8, 4) is 11.4 Å². The fraction of sp³-hybridized carbons (Fsp3) is 0.0455. The van der Waals surface area contributed by atoms with E-state index in [2.05, 4.69) is 15.6 Å². The smallest absolute Gasteiger partial charge is 0.276 e. The first-order valence-electron chi connectivity index (χ1n) is 8.97. The van der Waals surface area contributed by atoms with Crippen LogP contribution in [0.4, 0.5) is 5.82 Å². The van der Waals surface area contributed by atoms with Gasteiger partial charge >= 0.3 is 0 Å². The minimum absolute atomic E-state index is 0.242. The highest BCUT2D eigenvalue weighted by Gasteiger charge is 2.15. The van der Waals surface area contributed by atoms with Crippen LogP contribution in [0.2, 0.25) is 0 Å². The number of carbonyl (C=O) groups is 1. The lowest BCUT2D eigenvalue weighted by molar-refractivity contribution is 0.0956. The average molecular weight is 385 g/mol. The lowest BCUT2D eigenvalue weighted by Gasteiger charge is -2.08. The number of carbonyl (C=O) groups excluding carboxylic acids is 1. The van der Waals surface area contributed by atoms with Crippen LogP contribution in [0, 0.1) is 0 Å². The molecule has 0 radical (unpaired) electrons. The van der Waals surface area contributed by atoms with Crippen molar-refractivity contribution in [2.45, 2.75) is 0 Å². The fourth-order valence-electron chi connectivity index (χ4n) is 3.11. The largest absolute Gasteiger partial charge is 0.496 e. The number of ether oxygens (including phenoxy) is 1. The van der Waals surface area contributed by atoms with Gasteiger partial charge in [0.15, 0.2) is 0 Å². The molecule has 0 aliphatic carbocycles. The van der Waals surface area contributed by atoms with Crippen molar-refractivity contribution in [1.82, 2.24) is 15.2 Å². The molecule has 0 atom stereocenters. The number of para-hydroxylation sites is 1. The summed E-state index contributed by atoms with van der Waals surface area (Å²) in [5.41, 5.74) is 10.4. The molecule has 1 amide bonds. The molecule has 0 unspecified atom stereocenters. The van der Waals surface area contributed by atoms with Gasteiger partial charge < -0.3 is 10.5 Å². The van der Waals surface area contributed by atoms with E-state index in [4.69, 9.17) is 10.5 Å². The zero-order valence-electron chi connectivity index (χ0n) is 15.7. The van der Waals surface area contributed by atoms with Gasteiger partial charge in [-0.3, -0.25) is 4.79 Å². The minimum Gasteiger partial charge on any atom is -0.496 e. The zero-order valence-corrected chi connectivity index (χ0v) is 15.7. The number of methoxy groups -OCH3 is 1. The van der Waals surface area contributed by atoms with E-state index in [1.165, 1.54) is 10.9 Å². The summed E-state index contributed by atoms with van der Waals surface area (Å²) in [4.78, 5) is 12.5. The van der Waals surface area contributed by atoms with E-state index >= 15 is 0 Å². The van der Waals surface area contributed by atoms with Crippen LogP contribution in [0.1, 0.15) is 15.9 Å². The third kappa shape index (κ3) is 3.53. The highest BCUT2D eigenvalue weighted by Crippen LogP contribution is 2.26. The third-order valence-electron chi connectivity index (χ3n) is 4.56. The second kappa shape index (κ2) is 7.85. The van der Waals surface area contributed by atoms with Crippen LogP contribution in [-0.4, -0.2) is 29.0 Å². The Morgan fingerprint density at radius 3 is 2.66 bits per heavy atom. The first kappa shape index (κ1) is 18.2. The average Bonchev–Trinajstić information content (AvgIpc) is 3.15. The maximum Gasteiger partial charge on any atom is 0.276 e. The number of hydrazone groups is 1. The van der Waals surface area contributed by atoms with Gasteiger partial charge in [0.2, 0.25) is 0 Å². The van der Waals surface area contributed by atoms with Crippen LogP contribution >= 0.6 is 0 Å². The number of hydrogen-bond acceptors (Lipinski definition) is 5. The summed E-state index contributed by atoms with van der Waals surface area (Å²) in [7, 11) is 1.60. The van der Waals surface area contributed by atoms with Crippen LogP contribution in [0.3, 0.4) is 0 Å². The SMILES string of the molecule is COc1ccc2ccccc2c1/C=N/NC(=O)c1cnn(-c2ccccc2)c1N. The first-order chi connectivity index (χ1) is 14.2. The third-order valence-corrected chi connectivity index (χ3v) is 4.56. The van der Waals surface area contributed by atoms with Gasteiger partial charge in [-0.2, -0.15) is 10.2 Å². The summed E-state index contributed by atoms with van der Waals surface area (Å²) in [6.07, 6.45) is 2.99. The number of nitrogen functional groups attached to an aromatic ring is 1. The maximum absolute atomic E-state index is 12.5. The molecule has 4 rings (SSSR count). The molecule has 4 aromatic rings. The predicted molar refractivity (Wildman–Crippen MR) is 114 cm³/mol. The Hall–Kier alpha value is -4.13. The number of rotatable bonds is 5. The van der Waals surface area contributed by atoms with Gasteiger partial charge in [0.1, 0.15) is 17.1 Å². The number of nitrogens with one attached hydrogen (secondary N) is 1. The number of aromatic nitrogens is 2. The molecule has 3 N–H and O–H groups in total. The monoisotopic (exact) mass is 385 g/mol. The Bertz CT molecular complexity index is 1200. The minimum atomic E-state index is -0.444. The molecule has 1 aromatic heterocycles. The summed E-state index contributed by atoms with van der Waals surface area (Å²) in [5, 5.41) is 10.3. The van der Waals surface area contributed by atoms with Crippen molar-refractivity contribution < 1.29 is 9.53 Å². The molecule has 0 spiro atoms. The molecule has 1 heterocycles. The van der Waals surface area contributed by atoms with Gasteiger partial charge in [-0.15, -0.1) is 0 Å². The van der Waals surface area contributed by atoms with Crippen LogP contribution in [0.15, 0.2) is 78.0 Å². The summed E-state index contributed by atoms with van der Waals surface area (Å²) < 4.78 is 6.94. The van der Waals surface area contributed by atoms with Crippen LogP contribution in [0.5, 0.6) is 5.75 Å². The Labute approximate surface area is 167 Å². The van der Waals surface area contributed by atoms with Crippen LogP contribution < -0.4 is 15.9 Å². The summed E-state index contributed by atoms with van der Waals surface area (Å²) >= 11 is 0. The number of amides is 1. The van der Waals surface area contributed by atoms with E-state index in [1.54, 1.807) is 13.3 Å². The predicted octanol–water partition coefficient (Wildman–Crippen LogP) is 3.38. The van der Waals surface area contributed by atoms with Crippen LogP contribution in [-0.2, 0) is 0 Å². The van der Waals surface area contributed by atoms with Crippen LogP contribution in [0.25, 0.3) is 16.5 Å². The Kier molecular flexibility index (Phi) is 4.94. The Morgan fingerprint density at radius 1 is 1.10 bits per heavy atom. The molecule has 0 saturated heterocycles. The fourth-order valence-corrected chi connectivity index (χ4v) is 3.11. The van der Waals surface area contributed by atoms with E-state index in [9.17, 15) is 4.79 Å². The van der Waals surface area contributed by atoms with Crippen molar-refractivity contribution in [1.29, 1.82) is 0 Å². The van der Waals surface area contributed by atoms with Crippen molar-refractivity contribution in [2.75, 3.05) is 12.8 Å². The van der Waals surface area contributed by atoms with E-state index in [-0.39, 0.29) is 11.4 Å². The number of fused-ring (bicyclic) bond motifs is 1. The number of hydrogen-bond donors (Lipinski definition) is 2.